The molecule has 0 aromatic carbocycles. The maximum atomic E-state index is 10.4. The van der Waals surface area contributed by atoms with Crippen molar-refractivity contribution in [3.63, 3.8) is 0 Å². The van der Waals surface area contributed by atoms with Gasteiger partial charge in [0.05, 0.1) is 0 Å². The van der Waals surface area contributed by atoms with Gasteiger partial charge in [0.2, 0.25) is 5.91 Å². The maximum Gasteiger partial charge on any atom is 0.221 e. The number of amides is 1. The molecular weight excluding hydrogens is 130 g/mol. The Morgan fingerprint density at radius 1 is 1.50 bits per heavy atom. The van der Waals surface area contributed by atoms with Crippen molar-refractivity contribution in [2.45, 2.75) is 20.3 Å². The number of rotatable bonds is 1. The Balaban J connectivity index is 0. The lowest BCUT2D eigenvalue weighted by atomic mass is 10.4. The molecule has 10 heavy (non-hydrogen) atoms. The lowest BCUT2D eigenvalue weighted by Crippen LogP contribution is -2.19. The van der Waals surface area contributed by atoms with E-state index in [1.54, 1.807) is 19.0 Å². The van der Waals surface area contributed by atoms with E-state index in [2.05, 4.69) is 0 Å². The van der Waals surface area contributed by atoms with Crippen LogP contribution >= 0.6 is 0 Å². The van der Waals surface area contributed by atoms with E-state index in [0.29, 0.717) is 6.42 Å². The number of carbonyl (C=O) groups is 2. The normalized spacial score (nSPS) is 7.20. The van der Waals surface area contributed by atoms with E-state index >= 15 is 0 Å². The van der Waals surface area contributed by atoms with Gasteiger partial charge in [-0.25, -0.2) is 0 Å². The summed E-state index contributed by atoms with van der Waals surface area (Å²) in [5, 5.41) is 0. The molecule has 0 aliphatic rings. The number of aldehydes is 1. The van der Waals surface area contributed by atoms with E-state index in [0.717, 1.165) is 6.29 Å². The van der Waals surface area contributed by atoms with Gasteiger partial charge >= 0.3 is 0 Å². The smallest absolute Gasteiger partial charge is 0.221 e. The SMILES string of the molecule is CC=O.CCC(=O)N(C)C. The first-order valence-electron chi connectivity index (χ1n) is 3.20. The summed E-state index contributed by atoms with van der Waals surface area (Å²) in [6, 6.07) is 0. The van der Waals surface area contributed by atoms with Gasteiger partial charge in [-0.1, -0.05) is 6.92 Å². The van der Waals surface area contributed by atoms with Crippen LogP contribution in [0.3, 0.4) is 0 Å². The predicted octanol–water partition coefficient (Wildman–Crippen LogP) is 0.690. The minimum atomic E-state index is 0.181. The van der Waals surface area contributed by atoms with Crippen LogP contribution in [0.1, 0.15) is 20.3 Å². The highest BCUT2D eigenvalue weighted by Gasteiger charge is 1.95. The Hall–Kier alpha value is -0.860. The Bertz CT molecular complexity index is 99.8. The molecular formula is C7H15NO2. The second-order valence-electron chi connectivity index (χ2n) is 1.88. The summed E-state index contributed by atoms with van der Waals surface area (Å²) in [4.78, 5) is 20.8. The van der Waals surface area contributed by atoms with Crippen molar-refractivity contribution in [3.05, 3.63) is 0 Å². The van der Waals surface area contributed by atoms with Crippen molar-refractivity contribution in [3.8, 4) is 0 Å². The van der Waals surface area contributed by atoms with Gasteiger partial charge in [-0.2, -0.15) is 0 Å². The largest absolute Gasteiger partial charge is 0.349 e. The van der Waals surface area contributed by atoms with Crippen LogP contribution in [0.15, 0.2) is 0 Å². The van der Waals surface area contributed by atoms with Gasteiger partial charge in [-0.3, -0.25) is 4.79 Å². The molecule has 0 atom stereocenters. The molecule has 0 heterocycles. The van der Waals surface area contributed by atoms with Crippen LogP contribution in [-0.4, -0.2) is 31.2 Å². The molecule has 0 unspecified atom stereocenters. The second kappa shape index (κ2) is 8.14. The fraction of sp³-hybridized carbons (Fsp3) is 0.714. The van der Waals surface area contributed by atoms with Crippen molar-refractivity contribution in [2.24, 2.45) is 0 Å². The zero-order valence-electron chi connectivity index (χ0n) is 7.05. The van der Waals surface area contributed by atoms with Crippen LogP contribution < -0.4 is 0 Å². The molecule has 0 saturated heterocycles. The topological polar surface area (TPSA) is 37.4 Å². The van der Waals surface area contributed by atoms with Gasteiger partial charge in [-0.15, -0.1) is 0 Å². The van der Waals surface area contributed by atoms with Crippen LogP contribution in [0.2, 0.25) is 0 Å². The lowest BCUT2D eigenvalue weighted by Gasteiger charge is -2.05. The molecule has 60 valence electrons. The summed E-state index contributed by atoms with van der Waals surface area (Å²) in [5.74, 6) is 0.181. The zero-order valence-corrected chi connectivity index (χ0v) is 7.05. The Kier molecular flexibility index (Phi) is 9.67. The standard InChI is InChI=1S/C5H11NO.C2H4O/c1-4-5(7)6(2)3;1-2-3/h4H2,1-3H3;2H,1H3. The molecule has 0 aliphatic carbocycles. The molecule has 0 bridgehead atoms. The van der Waals surface area contributed by atoms with Crippen LogP contribution in [0, 0.1) is 0 Å². The molecule has 0 aromatic rings. The minimum absolute atomic E-state index is 0.181. The molecule has 0 saturated carbocycles. The molecule has 0 spiro atoms. The first-order chi connectivity index (χ1) is 4.59. The van der Waals surface area contributed by atoms with Gasteiger partial charge in [0, 0.05) is 20.5 Å². The van der Waals surface area contributed by atoms with E-state index in [1.807, 2.05) is 6.92 Å². The fourth-order valence-corrected chi connectivity index (χ4v) is 0.316. The fourth-order valence-electron chi connectivity index (χ4n) is 0.316. The first kappa shape index (κ1) is 11.9. The van der Waals surface area contributed by atoms with Gasteiger partial charge in [0.1, 0.15) is 6.29 Å². The van der Waals surface area contributed by atoms with Crippen molar-refractivity contribution in [1.82, 2.24) is 4.90 Å². The van der Waals surface area contributed by atoms with Crippen molar-refractivity contribution >= 4 is 12.2 Å². The third-order valence-electron chi connectivity index (χ3n) is 0.801. The number of hydrogen-bond acceptors (Lipinski definition) is 2. The molecule has 0 radical (unpaired) electrons. The molecule has 0 aromatic heterocycles. The van der Waals surface area contributed by atoms with Crippen molar-refractivity contribution in [1.29, 1.82) is 0 Å². The van der Waals surface area contributed by atoms with E-state index in [-0.39, 0.29) is 5.91 Å². The number of nitrogens with zero attached hydrogens (tertiary/aromatic N) is 1. The lowest BCUT2D eigenvalue weighted by molar-refractivity contribution is -0.128. The van der Waals surface area contributed by atoms with Gasteiger partial charge < -0.3 is 9.69 Å². The van der Waals surface area contributed by atoms with Gasteiger partial charge in [-0.05, 0) is 6.92 Å². The van der Waals surface area contributed by atoms with Crippen LogP contribution in [0.4, 0.5) is 0 Å². The average molecular weight is 145 g/mol. The number of carbonyl (C=O) groups excluding carboxylic acids is 2. The third kappa shape index (κ3) is 10.2. The summed E-state index contributed by atoms with van der Waals surface area (Å²) >= 11 is 0. The molecule has 0 fully saturated rings. The molecule has 0 N–H and O–H groups in total. The highest BCUT2D eigenvalue weighted by atomic mass is 16.2. The summed E-state index contributed by atoms with van der Waals surface area (Å²) in [6.45, 7) is 3.29. The van der Waals surface area contributed by atoms with Crippen LogP contribution in [-0.2, 0) is 9.59 Å². The Labute approximate surface area is 62.0 Å². The van der Waals surface area contributed by atoms with E-state index in [4.69, 9.17) is 4.79 Å². The minimum Gasteiger partial charge on any atom is -0.349 e. The van der Waals surface area contributed by atoms with E-state index in [1.165, 1.54) is 6.92 Å². The Morgan fingerprint density at radius 3 is 1.80 bits per heavy atom. The number of hydrogen-bond donors (Lipinski definition) is 0. The quantitative estimate of drug-likeness (QED) is 0.509. The highest BCUT2D eigenvalue weighted by Crippen LogP contribution is 1.81. The molecule has 3 nitrogen and oxygen atoms in total. The third-order valence-corrected chi connectivity index (χ3v) is 0.801. The monoisotopic (exact) mass is 145 g/mol. The van der Waals surface area contributed by atoms with E-state index < -0.39 is 0 Å². The van der Waals surface area contributed by atoms with Crippen LogP contribution in [0.5, 0.6) is 0 Å². The second-order valence-corrected chi connectivity index (χ2v) is 1.88. The summed E-state index contributed by atoms with van der Waals surface area (Å²) in [7, 11) is 3.51. The molecule has 1 amide bonds. The van der Waals surface area contributed by atoms with Crippen molar-refractivity contribution < 1.29 is 9.59 Å². The van der Waals surface area contributed by atoms with Crippen molar-refractivity contribution in [2.75, 3.05) is 14.1 Å². The average Bonchev–Trinajstić information content (AvgIpc) is 1.88. The summed E-state index contributed by atoms with van der Waals surface area (Å²) < 4.78 is 0. The highest BCUT2D eigenvalue weighted by molar-refractivity contribution is 5.75. The zero-order chi connectivity index (χ0) is 8.57. The molecule has 3 heteroatoms. The first-order valence-corrected chi connectivity index (χ1v) is 3.20. The Morgan fingerprint density at radius 2 is 1.80 bits per heavy atom. The van der Waals surface area contributed by atoms with Gasteiger partial charge in [0.15, 0.2) is 0 Å². The van der Waals surface area contributed by atoms with Crippen LogP contribution in [0.25, 0.3) is 0 Å². The molecule has 0 aliphatic heterocycles. The van der Waals surface area contributed by atoms with E-state index in [9.17, 15) is 4.79 Å². The summed E-state index contributed by atoms with van der Waals surface area (Å²) in [6.07, 6.45) is 1.35. The maximum absolute atomic E-state index is 10.4. The predicted molar refractivity (Wildman–Crippen MR) is 40.7 cm³/mol. The summed E-state index contributed by atoms with van der Waals surface area (Å²) in [5.41, 5.74) is 0. The van der Waals surface area contributed by atoms with Gasteiger partial charge in [0.25, 0.3) is 0 Å². The molecule has 0 rings (SSSR count).